The van der Waals surface area contributed by atoms with Gasteiger partial charge in [-0.15, -0.1) is 0 Å². The number of Topliss-reactive ketones (excluding diaryl/α,β-unsaturated/α-hetero) is 1. The molecule has 18 heavy (non-hydrogen) atoms. The molecule has 0 saturated carbocycles. The third kappa shape index (κ3) is 4.18. The number of nitrogens with one attached hydrogen (secondary N) is 1. The molecule has 98 valence electrons. The molecule has 0 aliphatic heterocycles. The lowest BCUT2D eigenvalue weighted by molar-refractivity contribution is -0.127. The summed E-state index contributed by atoms with van der Waals surface area (Å²) in [5.41, 5.74) is 6.60. The Labute approximate surface area is 106 Å². The predicted molar refractivity (Wildman–Crippen MR) is 68.1 cm³/mol. The lowest BCUT2D eigenvalue weighted by Gasteiger charge is -2.15. The third-order valence-corrected chi connectivity index (χ3v) is 2.70. The average molecular weight is 250 g/mol. The van der Waals surface area contributed by atoms with Crippen molar-refractivity contribution >= 4 is 11.7 Å². The number of amides is 1. The van der Waals surface area contributed by atoms with Gasteiger partial charge in [-0.05, 0) is 38.0 Å². The van der Waals surface area contributed by atoms with Crippen molar-refractivity contribution < 1.29 is 14.7 Å². The van der Waals surface area contributed by atoms with Gasteiger partial charge in [0.15, 0.2) is 5.78 Å². The van der Waals surface area contributed by atoms with Crippen LogP contribution in [0.25, 0.3) is 0 Å². The molecule has 1 aromatic rings. The van der Waals surface area contributed by atoms with Crippen LogP contribution in [0, 0.1) is 0 Å². The number of carbonyl (C=O) groups is 2. The summed E-state index contributed by atoms with van der Waals surface area (Å²) in [6.45, 7) is 3.03. The number of ketones is 1. The molecular formula is C13H18N2O3. The molecule has 0 bridgehead atoms. The number of aromatic hydroxyl groups is 1. The van der Waals surface area contributed by atoms with Crippen molar-refractivity contribution in [3.63, 3.8) is 0 Å². The fourth-order valence-electron chi connectivity index (χ4n) is 1.40. The van der Waals surface area contributed by atoms with E-state index in [1.54, 1.807) is 19.1 Å². The zero-order valence-electron chi connectivity index (χ0n) is 10.5. The molecule has 0 aliphatic rings. The van der Waals surface area contributed by atoms with Crippen LogP contribution in [0.1, 0.15) is 19.4 Å². The van der Waals surface area contributed by atoms with E-state index < -0.39 is 12.1 Å². The van der Waals surface area contributed by atoms with E-state index in [-0.39, 0.29) is 17.4 Å². The monoisotopic (exact) mass is 250 g/mol. The van der Waals surface area contributed by atoms with E-state index in [1.807, 2.05) is 0 Å². The fraction of sp³-hybridized carbons (Fsp3) is 0.385. The molecule has 2 atom stereocenters. The molecule has 0 spiro atoms. The molecule has 0 radical (unpaired) electrons. The van der Waals surface area contributed by atoms with Gasteiger partial charge >= 0.3 is 0 Å². The van der Waals surface area contributed by atoms with E-state index in [2.05, 4.69) is 5.32 Å². The van der Waals surface area contributed by atoms with Gasteiger partial charge in [0.1, 0.15) is 5.75 Å². The molecule has 4 N–H and O–H groups in total. The van der Waals surface area contributed by atoms with Gasteiger partial charge in [-0.1, -0.05) is 12.1 Å². The number of phenols is 1. The number of rotatable bonds is 5. The van der Waals surface area contributed by atoms with Crippen LogP contribution in [0.5, 0.6) is 5.75 Å². The smallest absolute Gasteiger partial charge is 0.237 e. The van der Waals surface area contributed by atoms with Crippen LogP contribution in [0.15, 0.2) is 24.3 Å². The highest BCUT2D eigenvalue weighted by Gasteiger charge is 2.17. The molecule has 1 amide bonds. The predicted octanol–water partition coefficient (Wildman–Crippen LogP) is 0.356. The van der Waals surface area contributed by atoms with Gasteiger partial charge in [-0.2, -0.15) is 0 Å². The molecule has 5 nitrogen and oxygen atoms in total. The lowest BCUT2D eigenvalue weighted by atomic mass is 10.1. The summed E-state index contributed by atoms with van der Waals surface area (Å²) in [7, 11) is 0. The van der Waals surface area contributed by atoms with Crippen molar-refractivity contribution in [2.75, 3.05) is 0 Å². The second-order valence-electron chi connectivity index (χ2n) is 4.32. The average Bonchev–Trinajstić information content (AvgIpc) is 2.31. The van der Waals surface area contributed by atoms with Gasteiger partial charge in [0.05, 0.1) is 12.1 Å². The first-order valence-corrected chi connectivity index (χ1v) is 5.74. The molecule has 0 saturated heterocycles. The summed E-state index contributed by atoms with van der Waals surface area (Å²) < 4.78 is 0. The van der Waals surface area contributed by atoms with Gasteiger partial charge in [-0.3, -0.25) is 9.59 Å². The van der Waals surface area contributed by atoms with Crippen molar-refractivity contribution in [1.29, 1.82) is 0 Å². The molecular weight excluding hydrogens is 232 g/mol. The van der Waals surface area contributed by atoms with Crippen LogP contribution in [-0.4, -0.2) is 28.9 Å². The summed E-state index contributed by atoms with van der Waals surface area (Å²) in [5, 5.41) is 11.7. The van der Waals surface area contributed by atoms with Gasteiger partial charge < -0.3 is 16.2 Å². The van der Waals surface area contributed by atoms with E-state index >= 15 is 0 Å². The summed E-state index contributed by atoms with van der Waals surface area (Å²) in [6.07, 6.45) is 0.358. The maximum atomic E-state index is 11.7. The van der Waals surface area contributed by atoms with Crippen LogP contribution in [0.4, 0.5) is 0 Å². The third-order valence-electron chi connectivity index (χ3n) is 2.70. The van der Waals surface area contributed by atoms with E-state index in [0.717, 1.165) is 5.56 Å². The minimum atomic E-state index is -0.712. The Hall–Kier alpha value is -1.88. The Morgan fingerprint density at radius 2 is 1.89 bits per heavy atom. The highest BCUT2D eigenvalue weighted by Crippen LogP contribution is 2.10. The van der Waals surface area contributed by atoms with E-state index in [4.69, 9.17) is 10.8 Å². The number of hydrogen-bond donors (Lipinski definition) is 3. The minimum Gasteiger partial charge on any atom is -0.508 e. The maximum absolute atomic E-state index is 11.7. The van der Waals surface area contributed by atoms with Crippen molar-refractivity contribution in [3.05, 3.63) is 29.8 Å². The molecule has 0 fully saturated rings. The second kappa shape index (κ2) is 6.16. The van der Waals surface area contributed by atoms with Crippen molar-refractivity contribution in [1.82, 2.24) is 5.32 Å². The number of nitrogens with two attached hydrogens (primary N) is 1. The first-order valence-electron chi connectivity index (χ1n) is 5.74. The Bertz CT molecular complexity index is 428. The standard InChI is InChI=1S/C13H18N2O3/c1-8(9(2)16)15-13(18)12(14)7-10-3-5-11(17)6-4-10/h3-6,8,12,17H,7,14H2,1-2H3,(H,15,18)/t8-,12+/m1/s1. The first kappa shape index (κ1) is 14.2. The SMILES string of the molecule is CC(=O)[C@@H](C)NC(=O)[C@@H](N)Cc1ccc(O)cc1. The van der Waals surface area contributed by atoms with Crippen molar-refractivity contribution in [2.24, 2.45) is 5.73 Å². The van der Waals surface area contributed by atoms with Crippen molar-refractivity contribution in [2.45, 2.75) is 32.4 Å². The van der Waals surface area contributed by atoms with Gasteiger partial charge in [0, 0.05) is 0 Å². The van der Waals surface area contributed by atoms with Crippen molar-refractivity contribution in [3.8, 4) is 5.75 Å². The Kier molecular flexibility index (Phi) is 4.85. The van der Waals surface area contributed by atoms with Crippen LogP contribution in [0.2, 0.25) is 0 Å². The van der Waals surface area contributed by atoms with Crippen LogP contribution in [0.3, 0.4) is 0 Å². The Balaban J connectivity index is 2.54. The molecule has 5 heteroatoms. The molecule has 0 aromatic heterocycles. The molecule has 1 aromatic carbocycles. The Morgan fingerprint density at radius 1 is 1.33 bits per heavy atom. The normalized spacial score (nSPS) is 13.7. The summed E-state index contributed by atoms with van der Waals surface area (Å²) in [5.74, 6) is -0.298. The van der Waals surface area contributed by atoms with Crippen LogP contribution in [-0.2, 0) is 16.0 Å². The van der Waals surface area contributed by atoms with E-state index in [0.29, 0.717) is 6.42 Å². The first-order chi connectivity index (χ1) is 8.40. The number of carbonyl (C=O) groups excluding carboxylic acids is 2. The topological polar surface area (TPSA) is 92.4 Å². The van der Waals surface area contributed by atoms with E-state index in [1.165, 1.54) is 19.1 Å². The van der Waals surface area contributed by atoms with E-state index in [9.17, 15) is 9.59 Å². The minimum absolute atomic E-state index is 0.111. The number of benzene rings is 1. The second-order valence-corrected chi connectivity index (χ2v) is 4.32. The zero-order chi connectivity index (χ0) is 13.7. The maximum Gasteiger partial charge on any atom is 0.237 e. The number of hydrogen-bond acceptors (Lipinski definition) is 4. The van der Waals surface area contributed by atoms with Gasteiger partial charge in [0.25, 0.3) is 0 Å². The quantitative estimate of drug-likeness (QED) is 0.703. The van der Waals surface area contributed by atoms with Crippen LogP contribution < -0.4 is 11.1 Å². The fourth-order valence-corrected chi connectivity index (χ4v) is 1.40. The lowest BCUT2D eigenvalue weighted by Crippen LogP contribution is -2.47. The summed E-state index contributed by atoms with van der Waals surface area (Å²) in [4.78, 5) is 22.7. The molecule has 0 unspecified atom stereocenters. The largest absolute Gasteiger partial charge is 0.508 e. The molecule has 0 aliphatic carbocycles. The Morgan fingerprint density at radius 3 is 2.39 bits per heavy atom. The highest BCUT2D eigenvalue weighted by atomic mass is 16.3. The summed E-state index contributed by atoms with van der Waals surface area (Å²) >= 11 is 0. The zero-order valence-corrected chi connectivity index (χ0v) is 10.5. The number of phenolic OH excluding ortho intramolecular Hbond substituents is 1. The highest BCUT2D eigenvalue weighted by molar-refractivity contribution is 5.89. The summed E-state index contributed by atoms with van der Waals surface area (Å²) in [6, 6.07) is 5.25. The van der Waals surface area contributed by atoms with Gasteiger partial charge in [0.2, 0.25) is 5.91 Å². The van der Waals surface area contributed by atoms with Gasteiger partial charge in [-0.25, -0.2) is 0 Å². The molecule has 1 rings (SSSR count). The molecule has 0 heterocycles. The van der Waals surface area contributed by atoms with Crippen LogP contribution >= 0.6 is 0 Å².